The van der Waals surface area contributed by atoms with Crippen molar-refractivity contribution < 1.29 is 18.0 Å². The van der Waals surface area contributed by atoms with E-state index in [1.807, 2.05) is 0 Å². The first kappa shape index (κ1) is 13.9. The number of rotatable bonds is 2. The fraction of sp³-hybridized carbons (Fsp3) is 0.636. The van der Waals surface area contributed by atoms with E-state index in [1.165, 1.54) is 10.9 Å². The zero-order valence-electron chi connectivity index (χ0n) is 10.2. The molecule has 0 bridgehead atoms. The predicted octanol–water partition coefficient (Wildman–Crippen LogP) is 1.20. The Morgan fingerprint density at radius 1 is 1.53 bits per heavy atom. The summed E-state index contributed by atoms with van der Waals surface area (Å²) in [5.74, 6) is -0.625. The molecule has 1 fully saturated rings. The molecule has 0 saturated heterocycles. The highest BCUT2D eigenvalue weighted by Gasteiger charge is 2.40. The first-order valence-electron chi connectivity index (χ1n) is 5.93. The predicted molar refractivity (Wildman–Crippen MR) is 60.8 cm³/mol. The van der Waals surface area contributed by atoms with Crippen LogP contribution in [0.5, 0.6) is 0 Å². The normalized spacial score (nSPS) is 28.3. The van der Waals surface area contributed by atoms with Crippen LogP contribution in [0.25, 0.3) is 0 Å². The van der Waals surface area contributed by atoms with Crippen molar-refractivity contribution in [1.82, 2.24) is 9.78 Å². The van der Waals surface area contributed by atoms with E-state index in [4.69, 9.17) is 11.5 Å². The minimum atomic E-state index is -4.47. The summed E-state index contributed by atoms with van der Waals surface area (Å²) in [7, 11) is 0. The van der Waals surface area contributed by atoms with Crippen LogP contribution in [0.2, 0.25) is 0 Å². The molecule has 8 heteroatoms. The number of halogens is 3. The molecule has 1 aromatic heterocycles. The molecule has 19 heavy (non-hydrogen) atoms. The van der Waals surface area contributed by atoms with Gasteiger partial charge < -0.3 is 11.5 Å². The Morgan fingerprint density at radius 3 is 2.74 bits per heavy atom. The monoisotopic (exact) mass is 276 g/mol. The quantitative estimate of drug-likeness (QED) is 0.850. The second-order valence-corrected chi connectivity index (χ2v) is 4.95. The molecule has 4 N–H and O–H groups in total. The van der Waals surface area contributed by atoms with Gasteiger partial charge in [-0.1, -0.05) is 0 Å². The molecule has 1 aliphatic carbocycles. The summed E-state index contributed by atoms with van der Waals surface area (Å²) >= 11 is 0. The maximum absolute atomic E-state index is 12.5. The van der Waals surface area contributed by atoms with Gasteiger partial charge in [0, 0.05) is 6.20 Å². The summed E-state index contributed by atoms with van der Waals surface area (Å²) in [6.07, 6.45) is -1.28. The van der Waals surface area contributed by atoms with Crippen molar-refractivity contribution >= 4 is 5.91 Å². The van der Waals surface area contributed by atoms with Gasteiger partial charge in [0.25, 0.3) is 0 Å². The summed E-state index contributed by atoms with van der Waals surface area (Å²) in [5, 5.41) is 3.51. The smallest absolute Gasteiger partial charge is 0.368 e. The van der Waals surface area contributed by atoms with Crippen molar-refractivity contribution in [2.24, 2.45) is 11.5 Å². The molecular formula is C11H15F3N4O. The molecule has 5 nitrogen and oxygen atoms in total. The third-order valence-corrected chi connectivity index (χ3v) is 3.52. The van der Waals surface area contributed by atoms with Crippen molar-refractivity contribution in [1.29, 1.82) is 0 Å². The second kappa shape index (κ2) is 4.52. The van der Waals surface area contributed by atoms with Crippen molar-refractivity contribution in [3.8, 4) is 0 Å². The summed E-state index contributed by atoms with van der Waals surface area (Å²) in [6.45, 7) is 0. The molecule has 1 amide bonds. The van der Waals surface area contributed by atoms with Gasteiger partial charge in [-0.3, -0.25) is 9.48 Å². The number of hydrogen-bond acceptors (Lipinski definition) is 3. The van der Waals surface area contributed by atoms with E-state index in [2.05, 4.69) is 5.10 Å². The lowest BCUT2D eigenvalue weighted by Gasteiger charge is -2.35. The van der Waals surface area contributed by atoms with Crippen molar-refractivity contribution in [2.45, 2.75) is 43.4 Å². The van der Waals surface area contributed by atoms with Gasteiger partial charge >= 0.3 is 6.18 Å². The van der Waals surface area contributed by atoms with Gasteiger partial charge in [-0.05, 0) is 31.7 Å². The summed E-state index contributed by atoms with van der Waals surface area (Å²) < 4.78 is 38.7. The van der Waals surface area contributed by atoms with Crippen molar-refractivity contribution in [2.75, 3.05) is 0 Å². The molecule has 2 atom stereocenters. The summed E-state index contributed by atoms with van der Waals surface area (Å²) in [6, 6.07) is 0.583. The van der Waals surface area contributed by atoms with Crippen LogP contribution in [-0.4, -0.2) is 21.2 Å². The Hall–Kier alpha value is -1.57. The van der Waals surface area contributed by atoms with E-state index in [-0.39, 0.29) is 12.5 Å². The molecule has 1 aliphatic rings. The molecular weight excluding hydrogens is 261 g/mol. The first-order chi connectivity index (χ1) is 8.72. The van der Waals surface area contributed by atoms with Crippen LogP contribution in [0, 0.1) is 0 Å². The van der Waals surface area contributed by atoms with Gasteiger partial charge in [0.1, 0.15) is 0 Å². The highest BCUT2D eigenvalue weighted by Crippen LogP contribution is 2.35. The topological polar surface area (TPSA) is 86.9 Å². The number of nitrogens with two attached hydrogens (primary N) is 2. The minimum absolute atomic E-state index is 0.210. The lowest BCUT2D eigenvalue weighted by atomic mass is 9.79. The maximum Gasteiger partial charge on any atom is 0.435 e. The Labute approximate surface area is 107 Å². The molecule has 106 valence electrons. The van der Waals surface area contributed by atoms with E-state index in [1.54, 1.807) is 0 Å². The van der Waals surface area contributed by atoms with Crippen LogP contribution in [0.4, 0.5) is 13.2 Å². The average molecular weight is 276 g/mol. The standard InChI is InChI=1S/C11H15F3N4O/c12-11(13,14)8-3-5-18(17-8)7-2-1-4-10(16,6-7)9(15)19/h3,5,7H,1-2,4,6,16H2,(H2,15,19). The number of nitrogens with zero attached hydrogens (tertiary/aromatic N) is 2. The number of hydrogen-bond donors (Lipinski definition) is 2. The van der Waals surface area contributed by atoms with E-state index in [9.17, 15) is 18.0 Å². The van der Waals surface area contributed by atoms with E-state index in [0.717, 1.165) is 6.07 Å². The summed E-state index contributed by atoms with van der Waals surface area (Å²) in [5.41, 5.74) is 9.02. The molecule has 1 aromatic rings. The van der Waals surface area contributed by atoms with Gasteiger partial charge in [-0.25, -0.2) is 0 Å². The lowest BCUT2D eigenvalue weighted by molar-refractivity contribution is -0.141. The fourth-order valence-corrected chi connectivity index (χ4v) is 2.42. The number of aromatic nitrogens is 2. The van der Waals surface area contributed by atoms with Crippen LogP contribution in [0.1, 0.15) is 37.4 Å². The number of primary amides is 1. The van der Waals surface area contributed by atoms with Crippen LogP contribution in [-0.2, 0) is 11.0 Å². The third kappa shape index (κ3) is 2.73. The molecule has 1 saturated carbocycles. The minimum Gasteiger partial charge on any atom is -0.368 e. The molecule has 2 rings (SSSR count). The molecule has 1 heterocycles. The largest absolute Gasteiger partial charge is 0.435 e. The van der Waals surface area contributed by atoms with E-state index >= 15 is 0 Å². The van der Waals surface area contributed by atoms with Gasteiger partial charge in [0.15, 0.2) is 5.69 Å². The van der Waals surface area contributed by atoms with Gasteiger partial charge in [0.2, 0.25) is 5.91 Å². The zero-order valence-corrected chi connectivity index (χ0v) is 10.2. The Bertz CT molecular complexity index is 485. The van der Waals surface area contributed by atoms with Crippen LogP contribution < -0.4 is 11.5 Å². The SMILES string of the molecule is NC(=O)C1(N)CCCC(n2ccc(C(F)(F)F)n2)C1. The van der Waals surface area contributed by atoms with Gasteiger partial charge in [-0.2, -0.15) is 18.3 Å². The number of carbonyl (C=O) groups excluding carboxylic acids is 1. The Kier molecular flexibility index (Phi) is 3.29. The molecule has 0 aromatic carbocycles. The van der Waals surface area contributed by atoms with E-state index < -0.39 is 23.3 Å². The second-order valence-electron chi connectivity index (χ2n) is 4.95. The Balaban J connectivity index is 2.18. The highest BCUT2D eigenvalue weighted by molar-refractivity contribution is 5.84. The van der Waals surface area contributed by atoms with Crippen LogP contribution in [0.15, 0.2) is 12.3 Å². The lowest BCUT2D eigenvalue weighted by Crippen LogP contribution is -2.54. The van der Waals surface area contributed by atoms with Gasteiger partial charge in [0.05, 0.1) is 11.6 Å². The van der Waals surface area contributed by atoms with Gasteiger partial charge in [-0.15, -0.1) is 0 Å². The number of carbonyl (C=O) groups is 1. The average Bonchev–Trinajstić information content (AvgIpc) is 2.77. The number of alkyl halides is 3. The molecule has 0 aliphatic heterocycles. The third-order valence-electron chi connectivity index (χ3n) is 3.52. The summed E-state index contributed by atoms with van der Waals surface area (Å²) in [4.78, 5) is 11.3. The Morgan fingerprint density at radius 2 is 2.21 bits per heavy atom. The molecule has 0 spiro atoms. The van der Waals surface area contributed by atoms with Crippen LogP contribution in [0.3, 0.4) is 0 Å². The molecule has 2 unspecified atom stereocenters. The van der Waals surface area contributed by atoms with Crippen molar-refractivity contribution in [3.05, 3.63) is 18.0 Å². The number of amides is 1. The van der Waals surface area contributed by atoms with E-state index in [0.29, 0.717) is 19.3 Å². The molecule has 0 radical (unpaired) electrons. The maximum atomic E-state index is 12.5. The first-order valence-corrected chi connectivity index (χ1v) is 5.93. The highest BCUT2D eigenvalue weighted by atomic mass is 19.4. The zero-order chi connectivity index (χ0) is 14.3. The fourth-order valence-electron chi connectivity index (χ4n) is 2.42. The van der Waals surface area contributed by atoms with Crippen molar-refractivity contribution in [3.63, 3.8) is 0 Å². The van der Waals surface area contributed by atoms with Crippen LogP contribution >= 0.6 is 0 Å².